The van der Waals surface area contributed by atoms with E-state index in [0.29, 0.717) is 13.0 Å². The van der Waals surface area contributed by atoms with Gasteiger partial charge in [0.05, 0.1) is 15.7 Å². The lowest BCUT2D eigenvalue weighted by Crippen LogP contribution is -2.61. The van der Waals surface area contributed by atoms with E-state index in [1.165, 1.54) is 0 Å². The topological polar surface area (TPSA) is 102 Å². The number of likely N-dealkylation sites (tertiary alicyclic amines) is 1. The highest BCUT2D eigenvalue weighted by atomic mass is 32.2. The number of thioether (sulfide) groups is 2. The second kappa shape index (κ2) is 8.99. The van der Waals surface area contributed by atoms with E-state index >= 15 is 0 Å². The number of nitrogens with zero attached hydrogens (tertiary/aromatic N) is 1. The van der Waals surface area contributed by atoms with E-state index in [4.69, 9.17) is 4.74 Å². The van der Waals surface area contributed by atoms with Crippen molar-refractivity contribution in [2.75, 3.05) is 18.1 Å². The van der Waals surface area contributed by atoms with Gasteiger partial charge in [0.1, 0.15) is 12.3 Å². The minimum Gasteiger partial charge on any atom is -0.480 e. The van der Waals surface area contributed by atoms with E-state index in [2.05, 4.69) is 5.32 Å². The SMILES string of the molecule is CC(C)(C)O[C@H](O)NC([C@@H](O)N1CC2(CC1C(=O)O)SCCCS2)C(C)(C)C. The minimum atomic E-state index is -1.27. The minimum absolute atomic E-state index is 0.189. The maximum Gasteiger partial charge on any atom is 0.321 e. The van der Waals surface area contributed by atoms with Crippen molar-refractivity contribution in [3.05, 3.63) is 0 Å². The summed E-state index contributed by atoms with van der Waals surface area (Å²) in [6, 6.07) is -1.33. The quantitative estimate of drug-likeness (QED) is 0.466. The molecule has 1 spiro atoms. The van der Waals surface area contributed by atoms with E-state index in [9.17, 15) is 20.1 Å². The third kappa shape index (κ3) is 6.23. The third-order valence-electron chi connectivity index (χ3n) is 4.99. The fourth-order valence-electron chi connectivity index (χ4n) is 3.70. The second-order valence-electron chi connectivity index (χ2n) is 9.70. The molecule has 164 valence electrons. The molecule has 9 heteroatoms. The van der Waals surface area contributed by atoms with Gasteiger partial charge in [0.15, 0.2) is 0 Å². The first-order chi connectivity index (χ1) is 12.7. The number of nitrogens with one attached hydrogen (secondary N) is 1. The summed E-state index contributed by atoms with van der Waals surface area (Å²) in [5.41, 5.74) is -0.996. The first kappa shape index (κ1) is 24.2. The molecule has 0 bridgehead atoms. The highest BCUT2D eigenvalue weighted by molar-refractivity contribution is 8.18. The molecule has 0 radical (unpaired) electrons. The Morgan fingerprint density at radius 1 is 1.18 bits per heavy atom. The molecule has 2 heterocycles. The summed E-state index contributed by atoms with van der Waals surface area (Å²) in [6.07, 6.45) is -0.703. The van der Waals surface area contributed by atoms with Crippen molar-refractivity contribution in [3.63, 3.8) is 0 Å². The molecule has 2 rings (SSSR count). The second-order valence-corrected chi connectivity index (χ2v) is 12.9. The number of rotatable bonds is 6. The van der Waals surface area contributed by atoms with Gasteiger partial charge in [-0.25, -0.2) is 0 Å². The number of hydrogen-bond donors (Lipinski definition) is 4. The van der Waals surface area contributed by atoms with Crippen molar-refractivity contribution in [1.29, 1.82) is 0 Å². The zero-order chi connectivity index (χ0) is 21.3. The Balaban J connectivity index is 2.21. The Morgan fingerprint density at radius 2 is 1.75 bits per heavy atom. The largest absolute Gasteiger partial charge is 0.480 e. The maximum atomic E-state index is 12.0. The summed E-state index contributed by atoms with van der Waals surface area (Å²) in [6.45, 7) is 11.9. The van der Waals surface area contributed by atoms with Gasteiger partial charge in [-0.3, -0.25) is 15.0 Å². The molecule has 0 amide bonds. The van der Waals surface area contributed by atoms with Gasteiger partial charge in [-0.05, 0) is 50.5 Å². The molecule has 0 aromatic rings. The molecule has 0 aromatic carbocycles. The molecule has 2 aliphatic heterocycles. The molecular formula is C19H36N2O5S2. The Labute approximate surface area is 177 Å². The summed E-state index contributed by atoms with van der Waals surface area (Å²) < 4.78 is 5.36. The van der Waals surface area contributed by atoms with Gasteiger partial charge in [0.2, 0.25) is 6.41 Å². The van der Waals surface area contributed by atoms with Crippen LogP contribution in [0.3, 0.4) is 0 Å². The number of carboxylic acid groups (broad SMARTS) is 1. The molecule has 2 unspecified atom stereocenters. The van der Waals surface area contributed by atoms with Crippen molar-refractivity contribution >= 4 is 29.5 Å². The van der Waals surface area contributed by atoms with Gasteiger partial charge >= 0.3 is 5.97 Å². The van der Waals surface area contributed by atoms with Gasteiger partial charge < -0.3 is 20.1 Å². The predicted octanol–water partition coefficient (Wildman–Crippen LogP) is 2.13. The van der Waals surface area contributed by atoms with Crippen LogP contribution in [-0.4, -0.2) is 78.6 Å². The van der Waals surface area contributed by atoms with Crippen LogP contribution in [0.25, 0.3) is 0 Å². The number of aliphatic hydroxyl groups is 2. The average Bonchev–Trinajstić information content (AvgIpc) is 2.89. The summed E-state index contributed by atoms with van der Waals surface area (Å²) in [7, 11) is 0. The van der Waals surface area contributed by atoms with Crippen molar-refractivity contribution in [2.45, 2.75) is 88.8 Å². The molecule has 4 N–H and O–H groups in total. The first-order valence-electron chi connectivity index (χ1n) is 9.81. The van der Waals surface area contributed by atoms with Crippen LogP contribution in [0.15, 0.2) is 0 Å². The predicted molar refractivity (Wildman–Crippen MR) is 114 cm³/mol. The number of ether oxygens (including phenoxy) is 1. The zero-order valence-corrected chi connectivity index (χ0v) is 19.4. The fraction of sp³-hybridized carbons (Fsp3) is 0.947. The molecule has 4 atom stereocenters. The Kier molecular flexibility index (Phi) is 7.79. The molecule has 2 saturated heterocycles. The average molecular weight is 437 g/mol. The van der Waals surface area contributed by atoms with Crippen LogP contribution in [0.2, 0.25) is 0 Å². The van der Waals surface area contributed by atoms with E-state index in [1.54, 1.807) is 4.90 Å². The van der Waals surface area contributed by atoms with Gasteiger partial charge in [-0.15, -0.1) is 23.5 Å². The lowest BCUT2D eigenvalue weighted by Gasteiger charge is -2.42. The number of carboxylic acids is 1. The highest BCUT2D eigenvalue weighted by Gasteiger charge is 2.52. The summed E-state index contributed by atoms with van der Waals surface area (Å²) in [5.74, 6) is 1.12. The van der Waals surface area contributed by atoms with Gasteiger partial charge in [-0.2, -0.15) is 0 Å². The van der Waals surface area contributed by atoms with E-state index in [-0.39, 0.29) is 4.08 Å². The molecule has 2 aliphatic rings. The zero-order valence-electron chi connectivity index (χ0n) is 17.8. The van der Waals surface area contributed by atoms with Crippen LogP contribution in [0.5, 0.6) is 0 Å². The van der Waals surface area contributed by atoms with E-state index < -0.39 is 41.7 Å². The molecule has 0 saturated carbocycles. The van der Waals surface area contributed by atoms with E-state index in [0.717, 1.165) is 17.9 Å². The lowest BCUT2D eigenvalue weighted by molar-refractivity contribution is -0.201. The van der Waals surface area contributed by atoms with Crippen LogP contribution in [0.1, 0.15) is 54.4 Å². The number of aliphatic carboxylic acids is 1. The van der Waals surface area contributed by atoms with Gasteiger partial charge in [0, 0.05) is 6.54 Å². The monoisotopic (exact) mass is 436 g/mol. The van der Waals surface area contributed by atoms with Gasteiger partial charge in [0.25, 0.3) is 0 Å². The van der Waals surface area contributed by atoms with Crippen LogP contribution < -0.4 is 5.32 Å². The first-order valence-corrected chi connectivity index (χ1v) is 11.8. The normalized spacial score (nSPS) is 26.9. The number of carbonyl (C=O) groups is 1. The summed E-state index contributed by atoms with van der Waals surface area (Å²) in [5, 5.41) is 34.4. The highest BCUT2D eigenvalue weighted by Crippen LogP contribution is 2.51. The number of aliphatic hydroxyl groups excluding tert-OH is 2. The van der Waals surface area contributed by atoms with Gasteiger partial charge in [-0.1, -0.05) is 20.8 Å². The molecule has 0 aromatic heterocycles. The molecule has 0 aliphatic carbocycles. The van der Waals surface area contributed by atoms with Crippen molar-refractivity contribution in [3.8, 4) is 0 Å². The molecule has 2 fully saturated rings. The molecular weight excluding hydrogens is 400 g/mol. The van der Waals surface area contributed by atoms with Crippen molar-refractivity contribution < 1.29 is 24.9 Å². The van der Waals surface area contributed by atoms with Crippen molar-refractivity contribution in [1.82, 2.24) is 10.2 Å². The smallest absolute Gasteiger partial charge is 0.321 e. The molecule has 7 nitrogen and oxygen atoms in total. The standard InChI is InChI=1S/C19H36N2O5S2/c1-17(2,3)13(20-16(25)26-18(4,5)6)14(22)21-11-19(10-12(21)15(23)24)27-8-7-9-28-19/h12-14,16,20,22,25H,7-11H2,1-6H3,(H,23,24)/t12?,13?,14-,16+/m1/s1. The Hall–Kier alpha value is -0.0300. The van der Waals surface area contributed by atoms with Crippen molar-refractivity contribution in [2.24, 2.45) is 5.41 Å². The fourth-order valence-corrected chi connectivity index (χ4v) is 7.06. The third-order valence-corrected chi connectivity index (χ3v) is 8.33. The van der Waals surface area contributed by atoms with Crippen LogP contribution in [0.4, 0.5) is 0 Å². The molecule has 28 heavy (non-hydrogen) atoms. The summed E-state index contributed by atoms with van der Waals surface area (Å²) >= 11 is 3.62. The van der Waals surface area contributed by atoms with Crippen LogP contribution in [0, 0.1) is 5.41 Å². The van der Waals surface area contributed by atoms with Crippen LogP contribution >= 0.6 is 23.5 Å². The van der Waals surface area contributed by atoms with Crippen LogP contribution in [-0.2, 0) is 9.53 Å². The Bertz CT molecular complexity index is 543. The lowest BCUT2D eigenvalue weighted by atomic mass is 9.85. The summed E-state index contributed by atoms with van der Waals surface area (Å²) in [4.78, 5) is 13.6. The maximum absolute atomic E-state index is 12.0. The number of hydrogen-bond acceptors (Lipinski definition) is 8. The Morgan fingerprint density at radius 3 is 2.21 bits per heavy atom. The van der Waals surface area contributed by atoms with E-state index in [1.807, 2.05) is 65.1 Å².